The molecule has 1 amide bonds. The summed E-state index contributed by atoms with van der Waals surface area (Å²) in [6, 6.07) is -0.0541. The topological polar surface area (TPSA) is 72.7 Å². The van der Waals surface area contributed by atoms with Crippen LogP contribution in [0.3, 0.4) is 0 Å². The van der Waals surface area contributed by atoms with Gasteiger partial charge in [-0.25, -0.2) is 9.67 Å². The van der Waals surface area contributed by atoms with Crippen LogP contribution in [0.2, 0.25) is 0 Å². The molecule has 0 aliphatic heterocycles. The van der Waals surface area contributed by atoms with Crippen molar-refractivity contribution in [3.8, 4) is 0 Å². The zero-order valence-electron chi connectivity index (χ0n) is 11.4. The lowest BCUT2D eigenvalue weighted by molar-refractivity contribution is -0.122. The number of aromatic nitrogens is 4. The summed E-state index contributed by atoms with van der Waals surface area (Å²) >= 11 is 1.73. The van der Waals surface area contributed by atoms with E-state index < -0.39 is 0 Å². The SMILES string of the molecule is CC(NC(=O)Cn1ccnn1)c1nc2c(s1)CCCC2. The number of rotatable bonds is 4. The number of aryl methyl sites for hydroxylation is 2. The molecule has 0 bridgehead atoms. The molecule has 0 spiro atoms. The molecule has 7 heteroatoms. The molecule has 1 aliphatic rings. The van der Waals surface area contributed by atoms with Gasteiger partial charge in [0.2, 0.25) is 5.91 Å². The van der Waals surface area contributed by atoms with E-state index >= 15 is 0 Å². The van der Waals surface area contributed by atoms with Crippen LogP contribution in [-0.2, 0) is 24.2 Å². The molecule has 6 nitrogen and oxygen atoms in total. The van der Waals surface area contributed by atoms with Crippen LogP contribution >= 0.6 is 11.3 Å². The second-order valence-corrected chi connectivity index (χ2v) is 6.13. The Morgan fingerprint density at radius 1 is 1.50 bits per heavy atom. The fraction of sp³-hybridized carbons (Fsp3) is 0.538. The van der Waals surface area contributed by atoms with Gasteiger partial charge >= 0.3 is 0 Å². The monoisotopic (exact) mass is 291 g/mol. The Balaban J connectivity index is 1.62. The molecule has 2 heterocycles. The van der Waals surface area contributed by atoms with Gasteiger partial charge in [-0.05, 0) is 32.6 Å². The average Bonchev–Trinajstić information content (AvgIpc) is 3.06. The van der Waals surface area contributed by atoms with E-state index in [1.165, 1.54) is 28.1 Å². The van der Waals surface area contributed by atoms with Gasteiger partial charge in [0.1, 0.15) is 11.6 Å². The maximum atomic E-state index is 11.9. The van der Waals surface area contributed by atoms with Crippen molar-refractivity contribution in [1.82, 2.24) is 25.3 Å². The molecule has 0 saturated heterocycles. The zero-order valence-corrected chi connectivity index (χ0v) is 12.2. The van der Waals surface area contributed by atoms with E-state index in [1.807, 2.05) is 6.92 Å². The number of carbonyl (C=O) groups is 1. The molecule has 0 saturated carbocycles. The third-order valence-corrected chi connectivity index (χ3v) is 4.73. The number of amides is 1. The fourth-order valence-corrected chi connectivity index (χ4v) is 3.53. The second kappa shape index (κ2) is 5.70. The van der Waals surface area contributed by atoms with E-state index in [1.54, 1.807) is 23.7 Å². The van der Waals surface area contributed by atoms with Crippen molar-refractivity contribution in [1.29, 1.82) is 0 Å². The molecule has 106 valence electrons. The lowest BCUT2D eigenvalue weighted by Crippen LogP contribution is -2.30. The first kappa shape index (κ1) is 13.2. The smallest absolute Gasteiger partial charge is 0.242 e. The van der Waals surface area contributed by atoms with E-state index in [0.717, 1.165) is 17.8 Å². The van der Waals surface area contributed by atoms with E-state index in [4.69, 9.17) is 0 Å². The van der Waals surface area contributed by atoms with Gasteiger partial charge in [-0.3, -0.25) is 4.79 Å². The Morgan fingerprint density at radius 2 is 2.35 bits per heavy atom. The van der Waals surface area contributed by atoms with Crippen LogP contribution in [0.4, 0.5) is 0 Å². The van der Waals surface area contributed by atoms with Gasteiger partial charge in [0.25, 0.3) is 0 Å². The standard InChI is InChI=1S/C13H17N5OS/c1-9(15-12(19)8-18-7-6-14-17-18)13-16-10-4-2-3-5-11(10)20-13/h6-7,9H,2-5,8H2,1H3,(H,15,19). The van der Waals surface area contributed by atoms with E-state index in [-0.39, 0.29) is 18.5 Å². The largest absolute Gasteiger partial charge is 0.346 e. The van der Waals surface area contributed by atoms with Gasteiger partial charge in [0.15, 0.2) is 0 Å². The summed E-state index contributed by atoms with van der Waals surface area (Å²) in [6.07, 6.45) is 7.92. The molecular formula is C13H17N5OS. The van der Waals surface area contributed by atoms with Crippen LogP contribution in [0.25, 0.3) is 0 Å². The number of hydrogen-bond donors (Lipinski definition) is 1. The summed E-state index contributed by atoms with van der Waals surface area (Å²) in [7, 11) is 0. The van der Waals surface area contributed by atoms with Gasteiger partial charge in [-0.15, -0.1) is 16.4 Å². The quantitative estimate of drug-likeness (QED) is 0.926. The number of carbonyl (C=O) groups excluding carboxylic acids is 1. The lowest BCUT2D eigenvalue weighted by atomic mass is 10.0. The molecule has 2 aromatic heterocycles. The second-order valence-electron chi connectivity index (χ2n) is 5.02. The Morgan fingerprint density at radius 3 is 3.10 bits per heavy atom. The van der Waals surface area contributed by atoms with Gasteiger partial charge in [-0.2, -0.15) is 0 Å². The van der Waals surface area contributed by atoms with Crippen molar-refractivity contribution >= 4 is 17.2 Å². The van der Waals surface area contributed by atoms with Crippen LogP contribution in [0.5, 0.6) is 0 Å². The van der Waals surface area contributed by atoms with Crippen LogP contribution in [0, 0.1) is 0 Å². The third kappa shape index (κ3) is 2.87. The molecule has 2 aromatic rings. The first-order valence-electron chi connectivity index (χ1n) is 6.84. The minimum atomic E-state index is -0.0730. The molecule has 0 fully saturated rings. The van der Waals surface area contributed by atoms with E-state index in [2.05, 4.69) is 20.6 Å². The molecule has 0 radical (unpaired) electrons. The molecular weight excluding hydrogens is 274 g/mol. The number of fused-ring (bicyclic) bond motifs is 1. The fourth-order valence-electron chi connectivity index (χ4n) is 2.37. The summed E-state index contributed by atoms with van der Waals surface area (Å²) in [4.78, 5) is 18.0. The molecule has 3 rings (SSSR count). The van der Waals surface area contributed by atoms with Gasteiger partial charge in [-0.1, -0.05) is 5.21 Å². The minimum Gasteiger partial charge on any atom is -0.346 e. The van der Waals surface area contributed by atoms with Crippen LogP contribution in [-0.4, -0.2) is 25.9 Å². The average molecular weight is 291 g/mol. The van der Waals surface area contributed by atoms with E-state index in [9.17, 15) is 4.79 Å². The first-order valence-corrected chi connectivity index (χ1v) is 7.66. The van der Waals surface area contributed by atoms with Crippen molar-refractivity contribution < 1.29 is 4.79 Å². The summed E-state index contributed by atoms with van der Waals surface area (Å²) in [5, 5.41) is 11.4. The highest BCUT2D eigenvalue weighted by Gasteiger charge is 2.19. The number of hydrogen-bond acceptors (Lipinski definition) is 5. The summed E-state index contributed by atoms with van der Waals surface area (Å²) in [6.45, 7) is 2.17. The normalized spacial score (nSPS) is 15.7. The van der Waals surface area contributed by atoms with Gasteiger partial charge < -0.3 is 5.32 Å². The van der Waals surface area contributed by atoms with Crippen molar-refractivity contribution in [2.24, 2.45) is 0 Å². The maximum Gasteiger partial charge on any atom is 0.242 e. The number of nitrogens with zero attached hydrogens (tertiary/aromatic N) is 4. The Labute approximate surface area is 121 Å². The molecule has 1 unspecified atom stereocenters. The Bertz CT molecular complexity index is 568. The lowest BCUT2D eigenvalue weighted by Gasteiger charge is -2.10. The number of nitrogens with one attached hydrogen (secondary N) is 1. The molecule has 1 N–H and O–H groups in total. The third-order valence-electron chi connectivity index (χ3n) is 3.39. The summed E-state index contributed by atoms with van der Waals surface area (Å²) < 4.78 is 1.51. The Hall–Kier alpha value is -1.76. The van der Waals surface area contributed by atoms with Crippen molar-refractivity contribution in [3.63, 3.8) is 0 Å². The van der Waals surface area contributed by atoms with Gasteiger partial charge in [0, 0.05) is 11.1 Å². The van der Waals surface area contributed by atoms with Gasteiger partial charge in [0.05, 0.1) is 17.9 Å². The molecule has 1 aliphatic carbocycles. The minimum absolute atomic E-state index is 0.0541. The maximum absolute atomic E-state index is 11.9. The predicted molar refractivity (Wildman–Crippen MR) is 75.3 cm³/mol. The van der Waals surface area contributed by atoms with Crippen molar-refractivity contribution in [3.05, 3.63) is 28.0 Å². The number of thiazole rings is 1. The van der Waals surface area contributed by atoms with Crippen LogP contribution in [0.15, 0.2) is 12.4 Å². The first-order chi connectivity index (χ1) is 9.72. The predicted octanol–water partition coefficient (Wildman–Crippen LogP) is 1.49. The highest BCUT2D eigenvalue weighted by molar-refractivity contribution is 7.11. The highest BCUT2D eigenvalue weighted by Crippen LogP contribution is 2.29. The van der Waals surface area contributed by atoms with Crippen LogP contribution < -0.4 is 5.32 Å². The van der Waals surface area contributed by atoms with Crippen molar-refractivity contribution in [2.45, 2.75) is 45.2 Å². The molecule has 1 atom stereocenters. The highest BCUT2D eigenvalue weighted by atomic mass is 32.1. The summed E-state index contributed by atoms with van der Waals surface area (Å²) in [5.74, 6) is -0.0730. The van der Waals surface area contributed by atoms with Crippen molar-refractivity contribution in [2.75, 3.05) is 0 Å². The van der Waals surface area contributed by atoms with E-state index in [0.29, 0.717) is 0 Å². The zero-order chi connectivity index (χ0) is 13.9. The van der Waals surface area contributed by atoms with Crippen LogP contribution in [0.1, 0.15) is 41.4 Å². The molecule has 0 aromatic carbocycles. The Kier molecular flexibility index (Phi) is 3.77. The molecule has 20 heavy (non-hydrogen) atoms. The summed E-state index contributed by atoms with van der Waals surface area (Å²) in [5.41, 5.74) is 1.23.